The Morgan fingerprint density at radius 3 is 2.67 bits per heavy atom. The van der Waals surface area contributed by atoms with E-state index >= 15 is 0 Å². The molecule has 3 N–H and O–H groups in total. The molecule has 0 bridgehead atoms. The quantitative estimate of drug-likeness (QED) is 0.475. The third kappa shape index (κ3) is 7.25. The summed E-state index contributed by atoms with van der Waals surface area (Å²) in [4.78, 5) is 30.6. The van der Waals surface area contributed by atoms with Crippen LogP contribution >= 0.6 is 0 Å². The highest BCUT2D eigenvalue weighted by molar-refractivity contribution is 5.91. The highest BCUT2D eigenvalue weighted by Crippen LogP contribution is 2.29. The molecule has 0 spiro atoms. The second-order valence-electron chi connectivity index (χ2n) is 10.6. The summed E-state index contributed by atoms with van der Waals surface area (Å²) >= 11 is 0. The van der Waals surface area contributed by atoms with Crippen LogP contribution in [0.2, 0.25) is 0 Å². The maximum Gasteiger partial charge on any atom is 0.315 e. The van der Waals surface area contributed by atoms with E-state index in [0.29, 0.717) is 19.0 Å². The lowest BCUT2D eigenvalue weighted by molar-refractivity contribution is -0.126. The number of rotatable bonds is 9. The maximum atomic E-state index is 13.3. The number of nitrogens with one attached hydrogen (secondary N) is 3. The summed E-state index contributed by atoms with van der Waals surface area (Å²) in [6.45, 7) is 10.2. The molecule has 9 heteroatoms. The molecule has 200 valence electrons. The van der Waals surface area contributed by atoms with Crippen LogP contribution in [-0.4, -0.2) is 99.3 Å². The Morgan fingerprint density at radius 2 is 1.92 bits per heavy atom. The van der Waals surface area contributed by atoms with Gasteiger partial charge in [0.1, 0.15) is 11.4 Å². The molecule has 0 aliphatic carbocycles. The van der Waals surface area contributed by atoms with Gasteiger partial charge < -0.3 is 25.6 Å². The molecule has 2 amide bonds. The number of Topliss-reactive ketones (excluding diaryl/α,β-unsaturated/α-hetero) is 1. The van der Waals surface area contributed by atoms with Gasteiger partial charge in [-0.1, -0.05) is 12.1 Å². The van der Waals surface area contributed by atoms with E-state index in [9.17, 15) is 14.0 Å². The highest BCUT2D eigenvalue weighted by Gasteiger charge is 2.47. The maximum absolute atomic E-state index is 13.3. The lowest BCUT2D eigenvalue weighted by Gasteiger charge is -2.46. The first-order chi connectivity index (χ1) is 17.4. The van der Waals surface area contributed by atoms with Crippen LogP contribution in [0.1, 0.15) is 31.7 Å². The number of ether oxygens (including phenoxy) is 1. The van der Waals surface area contributed by atoms with Crippen LogP contribution in [-0.2, 0) is 16.0 Å². The number of nitrogens with zero attached hydrogens (tertiary/aromatic N) is 2. The summed E-state index contributed by atoms with van der Waals surface area (Å²) < 4.78 is 18.7. The second-order valence-corrected chi connectivity index (χ2v) is 10.6. The largest absolute Gasteiger partial charge is 0.379 e. The van der Waals surface area contributed by atoms with Gasteiger partial charge in [0.05, 0.1) is 13.2 Å². The molecule has 3 fully saturated rings. The predicted molar refractivity (Wildman–Crippen MR) is 137 cm³/mol. The summed E-state index contributed by atoms with van der Waals surface area (Å²) in [6.07, 6.45) is 4.04. The van der Waals surface area contributed by atoms with Gasteiger partial charge >= 0.3 is 6.03 Å². The van der Waals surface area contributed by atoms with E-state index in [-0.39, 0.29) is 23.5 Å². The van der Waals surface area contributed by atoms with Crippen molar-refractivity contribution in [1.29, 1.82) is 0 Å². The van der Waals surface area contributed by atoms with Crippen molar-refractivity contribution in [3.63, 3.8) is 0 Å². The molecule has 3 atom stereocenters. The van der Waals surface area contributed by atoms with Gasteiger partial charge in [-0.3, -0.25) is 9.69 Å². The summed E-state index contributed by atoms with van der Waals surface area (Å²) in [6, 6.07) is 6.54. The Morgan fingerprint density at radius 1 is 1.14 bits per heavy atom. The molecule has 1 aromatic carbocycles. The van der Waals surface area contributed by atoms with Crippen LogP contribution in [0.4, 0.5) is 9.18 Å². The monoisotopic (exact) mass is 503 g/mol. The number of carbonyl (C=O) groups excluding carboxylic acids is 2. The number of piperidine rings is 2. The first kappa shape index (κ1) is 27.0. The second kappa shape index (κ2) is 12.9. The van der Waals surface area contributed by atoms with Crippen LogP contribution < -0.4 is 16.0 Å². The van der Waals surface area contributed by atoms with Gasteiger partial charge in [0.15, 0.2) is 5.78 Å². The molecule has 4 rings (SSSR count). The molecular weight excluding hydrogens is 461 g/mol. The number of halogens is 1. The van der Waals surface area contributed by atoms with E-state index in [1.165, 1.54) is 17.7 Å². The minimum atomic E-state index is -0.912. The number of amides is 2. The number of carbonyl (C=O) groups is 2. The molecular formula is C27H42FN5O3. The molecule has 8 nitrogen and oxygen atoms in total. The fourth-order valence-electron chi connectivity index (χ4n) is 5.99. The lowest BCUT2D eigenvalue weighted by Crippen LogP contribution is -2.69. The topological polar surface area (TPSA) is 85.9 Å². The Labute approximate surface area is 214 Å². The van der Waals surface area contributed by atoms with Gasteiger partial charge in [0.2, 0.25) is 0 Å². The number of hydrogen-bond donors (Lipinski definition) is 3. The van der Waals surface area contributed by atoms with Gasteiger partial charge in [-0.2, -0.15) is 0 Å². The number of morpholine rings is 1. The van der Waals surface area contributed by atoms with E-state index in [1.807, 2.05) is 12.1 Å². The number of ketones is 1. The van der Waals surface area contributed by atoms with Crippen molar-refractivity contribution in [2.75, 3.05) is 72.1 Å². The number of benzene rings is 1. The van der Waals surface area contributed by atoms with Gasteiger partial charge in [0.25, 0.3) is 0 Å². The Balaban J connectivity index is 1.33. The van der Waals surface area contributed by atoms with E-state index in [1.54, 1.807) is 6.92 Å². The summed E-state index contributed by atoms with van der Waals surface area (Å²) in [7, 11) is 0. The van der Waals surface area contributed by atoms with Crippen molar-refractivity contribution in [3.05, 3.63) is 35.6 Å². The number of urea groups is 1. The van der Waals surface area contributed by atoms with E-state index < -0.39 is 5.54 Å². The van der Waals surface area contributed by atoms with E-state index in [4.69, 9.17) is 4.74 Å². The number of hydrogen-bond acceptors (Lipinski definition) is 6. The average Bonchev–Trinajstić information content (AvgIpc) is 2.87. The smallest absolute Gasteiger partial charge is 0.315 e. The van der Waals surface area contributed by atoms with Crippen molar-refractivity contribution in [3.8, 4) is 0 Å². The SMILES string of the molecule is CC(=O)[C@]1(NC(=O)NCCN2CCOCC2)CNCC[C@H]1CN1CCC[C@@H](Cc2ccc(F)cc2)C1. The third-order valence-corrected chi connectivity index (χ3v) is 8.07. The van der Waals surface area contributed by atoms with Gasteiger partial charge in [-0.25, -0.2) is 9.18 Å². The fourth-order valence-corrected chi connectivity index (χ4v) is 5.99. The zero-order chi connectivity index (χ0) is 25.4. The normalized spacial score (nSPS) is 27.9. The zero-order valence-electron chi connectivity index (χ0n) is 21.6. The first-order valence-electron chi connectivity index (χ1n) is 13.5. The van der Waals surface area contributed by atoms with E-state index in [2.05, 4.69) is 25.8 Å². The summed E-state index contributed by atoms with van der Waals surface area (Å²) in [5.41, 5.74) is 0.254. The fraction of sp³-hybridized carbons (Fsp3) is 0.704. The molecule has 0 unspecified atom stereocenters. The molecule has 3 saturated heterocycles. The molecule has 3 heterocycles. The van der Waals surface area contributed by atoms with Crippen LogP contribution in [0.5, 0.6) is 0 Å². The van der Waals surface area contributed by atoms with Crippen molar-refractivity contribution in [1.82, 2.24) is 25.8 Å². The van der Waals surface area contributed by atoms with Crippen LogP contribution in [0, 0.1) is 17.7 Å². The summed E-state index contributed by atoms with van der Waals surface area (Å²) in [5.74, 6) is 0.357. The molecule has 36 heavy (non-hydrogen) atoms. The van der Waals surface area contributed by atoms with Gasteiger partial charge in [-0.05, 0) is 69.3 Å². The molecule has 0 aromatic heterocycles. The third-order valence-electron chi connectivity index (χ3n) is 8.07. The minimum absolute atomic E-state index is 0.00269. The van der Waals surface area contributed by atoms with Gasteiger partial charge in [-0.15, -0.1) is 0 Å². The summed E-state index contributed by atoms with van der Waals surface area (Å²) in [5, 5.41) is 9.41. The van der Waals surface area contributed by atoms with Crippen molar-refractivity contribution in [2.45, 2.75) is 38.1 Å². The van der Waals surface area contributed by atoms with E-state index in [0.717, 1.165) is 84.7 Å². The minimum Gasteiger partial charge on any atom is -0.379 e. The first-order valence-corrected chi connectivity index (χ1v) is 13.5. The number of likely N-dealkylation sites (tertiary alicyclic amines) is 1. The molecule has 0 radical (unpaired) electrons. The highest BCUT2D eigenvalue weighted by atomic mass is 19.1. The lowest BCUT2D eigenvalue weighted by atomic mass is 9.75. The standard InChI is InChI=1S/C27H42FN5O3/c1-21(34)27(31-26(35)30-10-12-32-13-15-36-16-14-32)20-29-9-8-24(27)19-33-11-2-3-23(18-33)17-22-4-6-25(28)7-5-22/h4-7,23-24,29H,2-3,8-20H2,1H3,(H2,30,31,35)/t23-,24-,27+/m0/s1. The van der Waals surface area contributed by atoms with Crippen molar-refractivity contribution >= 4 is 11.8 Å². The molecule has 3 aliphatic heterocycles. The average molecular weight is 504 g/mol. The zero-order valence-corrected chi connectivity index (χ0v) is 21.6. The van der Waals surface area contributed by atoms with Crippen molar-refractivity contribution < 1.29 is 18.7 Å². The molecule has 1 aromatic rings. The predicted octanol–water partition coefficient (Wildman–Crippen LogP) is 1.65. The van der Waals surface area contributed by atoms with Gasteiger partial charge in [0, 0.05) is 51.7 Å². The Kier molecular flexibility index (Phi) is 9.70. The van der Waals surface area contributed by atoms with Crippen LogP contribution in [0.25, 0.3) is 0 Å². The molecule has 0 saturated carbocycles. The van der Waals surface area contributed by atoms with Crippen LogP contribution in [0.15, 0.2) is 24.3 Å². The Bertz CT molecular complexity index is 863. The van der Waals surface area contributed by atoms with Crippen molar-refractivity contribution in [2.24, 2.45) is 11.8 Å². The molecule has 3 aliphatic rings. The van der Waals surface area contributed by atoms with Crippen LogP contribution in [0.3, 0.4) is 0 Å². The Hall–Kier alpha value is -2.07.